The monoisotopic (exact) mass is 426 g/mol. The average molecular weight is 427 g/mol. The zero-order valence-electron chi connectivity index (χ0n) is 17.2. The Bertz CT molecular complexity index is 1290. The molecule has 0 unspecified atom stereocenters. The van der Waals surface area contributed by atoms with Crippen LogP contribution in [0.2, 0.25) is 0 Å². The van der Waals surface area contributed by atoms with Crippen LogP contribution in [0.25, 0.3) is 20.2 Å². The maximum Gasteiger partial charge on any atom is 0.165 e. The van der Waals surface area contributed by atoms with E-state index in [2.05, 4.69) is 42.6 Å². The number of hydrogen-bond donors (Lipinski definition) is 2. The van der Waals surface area contributed by atoms with Gasteiger partial charge in [-0.3, -0.25) is 5.41 Å². The molecule has 3 aromatic rings. The molecule has 0 amide bonds. The van der Waals surface area contributed by atoms with Gasteiger partial charge >= 0.3 is 0 Å². The van der Waals surface area contributed by atoms with E-state index < -0.39 is 20.1 Å². The van der Waals surface area contributed by atoms with E-state index in [4.69, 9.17) is 5.41 Å². The summed E-state index contributed by atoms with van der Waals surface area (Å²) in [5, 5.41) is 14.0. The van der Waals surface area contributed by atoms with Crippen molar-refractivity contribution in [1.82, 2.24) is 5.32 Å². The van der Waals surface area contributed by atoms with Gasteiger partial charge in [-0.15, -0.1) is 11.3 Å². The van der Waals surface area contributed by atoms with Gasteiger partial charge in [0.1, 0.15) is 10.6 Å². The number of nitrogens with one attached hydrogen (secondary N) is 2. The fraction of sp³-hybridized carbons (Fsp3) is 0.435. The molecule has 4 nitrogen and oxygen atoms in total. The summed E-state index contributed by atoms with van der Waals surface area (Å²) in [7, 11) is -3.45. The summed E-state index contributed by atoms with van der Waals surface area (Å²) in [6, 6.07) is 13.0. The van der Waals surface area contributed by atoms with Crippen LogP contribution in [-0.4, -0.2) is 24.8 Å². The maximum atomic E-state index is 12.9. The first-order valence-electron chi connectivity index (χ1n) is 10.1. The Labute approximate surface area is 175 Å². The number of fused-ring (bicyclic) bond motifs is 3. The Kier molecular flexibility index (Phi) is 3.83. The molecular formula is C23H26N2O2S2. The molecule has 2 fully saturated rings. The lowest BCUT2D eigenvalue weighted by Crippen LogP contribution is -2.63. The number of hydrogen-bond acceptors (Lipinski definition) is 4. The maximum absolute atomic E-state index is 12.9. The predicted octanol–water partition coefficient (Wildman–Crippen LogP) is 5.17. The van der Waals surface area contributed by atoms with Crippen LogP contribution in [-0.2, 0) is 15.4 Å². The Morgan fingerprint density at radius 1 is 1.07 bits per heavy atom. The van der Waals surface area contributed by atoms with E-state index in [0.717, 1.165) is 11.5 Å². The van der Waals surface area contributed by atoms with E-state index >= 15 is 0 Å². The van der Waals surface area contributed by atoms with Gasteiger partial charge in [0.15, 0.2) is 9.84 Å². The molecule has 2 N–H and O–H groups in total. The lowest BCUT2D eigenvalue weighted by Gasteiger charge is -2.43. The zero-order chi connectivity index (χ0) is 20.8. The first kappa shape index (κ1) is 19.1. The van der Waals surface area contributed by atoms with E-state index in [0.29, 0.717) is 5.92 Å². The van der Waals surface area contributed by atoms with Gasteiger partial charge in [0, 0.05) is 20.2 Å². The highest BCUT2D eigenvalue weighted by molar-refractivity contribution is 7.93. The molecule has 2 aliphatic rings. The molecule has 0 radical (unpaired) electrons. The molecule has 29 heavy (non-hydrogen) atoms. The zero-order valence-corrected chi connectivity index (χ0v) is 18.8. The lowest BCUT2D eigenvalue weighted by atomic mass is 9.91. The van der Waals surface area contributed by atoms with E-state index in [1.54, 1.807) is 25.2 Å². The topological polar surface area (TPSA) is 70.0 Å². The fourth-order valence-electron chi connectivity index (χ4n) is 4.49. The SMILES string of the molecule is C[C@@H]1C[C@H]1c1ccc2sc3ccc([C@]4(C)CS(=O)(=O)C(C)(C)C(=N)N4)cc3c2c1. The third-order valence-electron chi connectivity index (χ3n) is 6.93. The molecule has 1 aliphatic heterocycles. The molecule has 1 saturated carbocycles. The molecule has 0 bridgehead atoms. The highest BCUT2D eigenvalue weighted by atomic mass is 32.2. The molecule has 2 heterocycles. The molecule has 1 aliphatic carbocycles. The van der Waals surface area contributed by atoms with Crippen molar-refractivity contribution in [3.63, 3.8) is 0 Å². The van der Waals surface area contributed by atoms with Crippen molar-refractivity contribution in [2.24, 2.45) is 5.92 Å². The minimum atomic E-state index is -3.45. The Hall–Kier alpha value is -1.92. The highest BCUT2D eigenvalue weighted by Gasteiger charge is 2.50. The van der Waals surface area contributed by atoms with Crippen LogP contribution >= 0.6 is 11.3 Å². The lowest BCUT2D eigenvalue weighted by molar-refractivity contribution is 0.443. The van der Waals surface area contributed by atoms with Crippen molar-refractivity contribution in [2.45, 2.75) is 50.3 Å². The summed E-state index contributed by atoms with van der Waals surface area (Å²) in [5.41, 5.74) is 1.51. The van der Waals surface area contributed by atoms with Gasteiger partial charge in [-0.1, -0.05) is 19.1 Å². The predicted molar refractivity (Wildman–Crippen MR) is 122 cm³/mol. The minimum absolute atomic E-state index is 0.0200. The van der Waals surface area contributed by atoms with Gasteiger partial charge in [0.25, 0.3) is 0 Å². The summed E-state index contributed by atoms with van der Waals surface area (Å²) < 4.78 is 27.1. The van der Waals surface area contributed by atoms with Crippen LogP contribution in [0, 0.1) is 11.3 Å². The Morgan fingerprint density at radius 3 is 2.31 bits per heavy atom. The quantitative estimate of drug-likeness (QED) is 0.594. The highest BCUT2D eigenvalue weighted by Crippen LogP contribution is 2.48. The standard InChI is InChI=1S/C23H26N2O2S2/c1-13-9-16(13)14-5-7-19-17(10-14)18-11-15(6-8-20(18)28-19)23(4)12-29(26,27)22(2,3)21(24)25-23/h5-8,10-11,13,16H,9,12H2,1-4H3,(H2,24,25)/t13-,16-,23+/m1/s1. The molecular weight excluding hydrogens is 400 g/mol. The van der Waals surface area contributed by atoms with Gasteiger partial charge in [0.2, 0.25) is 0 Å². The van der Waals surface area contributed by atoms with Gasteiger partial charge in [-0.2, -0.15) is 0 Å². The van der Waals surface area contributed by atoms with Gasteiger partial charge in [-0.25, -0.2) is 8.42 Å². The van der Waals surface area contributed by atoms with E-state index in [-0.39, 0.29) is 11.6 Å². The van der Waals surface area contributed by atoms with Crippen molar-refractivity contribution in [1.29, 1.82) is 5.41 Å². The van der Waals surface area contributed by atoms with Crippen LogP contribution in [0.3, 0.4) is 0 Å². The summed E-state index contributed by atoms with van der Waals surface area (Å²) in [4.78, 5) is 0. The number of amidine groups is 1. The second-order valence-electron chi connectivity index (χ2n) is 9.49. The van der Waals surface area contributed by atoms with Crippen LogP contribution in [0.15, 0.2) is 36.4 Å². The number of rotatable bonds is 2. The molecule has 2 aromatic carbocycles. The summed E-state index contributed by atoms with van der Waals surface area (Å²) in [6.07, 6.45) is 1.26. The summed E-state index contributed by atoms with van der Waals surface area (Å²) in [5.74, 6) is 1.47. The van der Waals surface area contributed by atoms with Crippen LogP contribution in [0.4, 0.5) is 0 Å². The smallest absolute Gasteiger partial charge is 0.165 e. The molecule has 3 atom stereocenters. The van der Waals surface area contributed by atoms with Gasteiger partial charge < -0.3 is 5.32 Å². The minimum Gasteiger partial charge on any atom is -0.362 e. The molecule has 6 heteroatoms. The fourth-order valence-corrected chi connectivity index (χ4v) is 7.28. The number of thiophene rings is 1. The first-order chi connectivity index (χ1) is 13.5. The van der Waals surface area contributed by atoms with Crippen LogP contribution < -0.4 is 5.32 Å². The van der Waals surface area contributed by atoms with Crippen molar-refractivity contribution in [2.75, 3.05) is 5.75 Å². The first-order valence-corrected chi connectivity index (χ1v) is 12.5. The van der Waals surface area contributed by atoms with E-state index in [9.17, 15) is 8.42 Å². The molecule has 0 spiro atoms. The normalized spacial score (nSPS) is 30.4. The van der Waals surface area contributed by atoms with Crippen molar-refractivity contribution >= 4 is 47.2 Å². The molecule has 1 aromatic heterocycles. The van der Waals surface area contributed by atoms with Crippen LogP contribution in [0.1, 0.15) is 51.2 Å². The second-order valence-corrected chi connectivity index (χ2v) is 13.1. The Morgan fingerprint density at radius 2 is 1.69 bits per heavy atom. The van der Waals surface area contributed by atoms with Crippen molar-refractivity contribution in [3.05, 3.63) is 47.5 Å². The van der Waals surface area contributed by atoms with Gasteiger partial charge in [-0.05, 0) is 74.4 Å². The van der Waals surface area contributed by atoms with Crippen molar-refractivity contribution < 1.29 is 8.42 Å². The Balaban J connectivity index is 1.64. The van der Waals surface area contributed by atoms with Gasteiger partial charge in [0.05, 0.1) is 11.3 Å². The second kappa shape index (κ2) is 5.82. The summed E-state index contributed by atoms with van der Waals surface area (Å²) in [6.45, 7) is 7.40. The third-order valence-corrected chi connectivity index (χ3v) is 10.8. The number of benzene rings is 2. The largest absolute Gasteiger partial charge is 0.362 e. The van der Waals surface area contributed by atoms with Crippen molar-refractivity contribution in [3.8, 4) is 0 Å². The van der Waals surface area contributed by atoms with E-state index in [1.807, 2.05) is 13.0 Å². The molecule has 5 rings (SSSR count). The number of sulfone groups is 1. The third kappa shape index (κ3) is 2.76. The molecule has 152 valence electrons. The summed E-state index contributed by atoms with van der Waals surface area (Å²) >= 11 is 1.78. The molecule has 1 saturated heterocycles. The average Bonchev–Trinajstić information content (AvgIpc) is 3.26. The van der Waals surface area contributed by atoms with E-state index in [1.165, 1.54) is 32.2 Å². The van der Waals surface area contributed by atoms with Crippen LogP contribution in [0.5, 0.6) is 0 Å².